The number of hydrazine groups is 1. The van der Waals surface area contributed by atoms with Gasteiger partial charge in [0, 0.05) is 17.2 Å². The predicted molar refractivity (Wildman–Crippen MR) is 80.3 cm³/mol. The summed E-state index contributed by atoms with van der Waals surface area (Å²) in [5.74, 6) is 0.343. The van der Waals surface area contributed by atoms with Crippen molar-refractivity contribution in [2.24, 2.45) is 0 Å². The average Bonchev–Trinajstić information content (AvgIpc) is 2.65. The third kappa shape index (κ3) is 3.02. The molecule has 2 amide bonds. The number of benzene rings is 1. The average molecular weight is 294 g/mol. The van der Waals surface area contributed by atoms with E-state index in [-0.39, 0.29) is 11.8 Å². The molecule has 4 nitrogen and oxygen atoms in total. The van der Waals surface area contributed by atoms with Crippen LogP contribution in [-0.4, -0.2) is 33.3 Å². The number of hydrogen-bond donors (Lipinski definition) is 1. The minimum absolute atomic E-state index is 0.297. The van der Waals surface area contributed by atoms with Crippen LogP contribution in [0.4, 0.5) is 0 Å². The number of thioether (sulfide) groups is 1. The third-order valence-corrected chi connectivity index (χ3v) is 4.07. The van der Waals surface area contributed by atoms with Crippen LogP contribution >= 0.6 is 24.0 Å². The number of rotatable bonds is 5. The van der Waals surface area contributed by atoms with Crippen LogP contribution < -0.4 is 5.43 Å². The third-order valence-electron chi connectivity index (χ3n) is 2.70. The first-order valence-corrected chi connectivity index (χ1v) is 7.41. The van der Waals surface area contributed by atoms with Gasteiger partial charge in [0.1, 0.15) is 0 Å². The van der Waals surface area contributed by atoms with Gasteiger partial charge >= 0.3 is 0 Å². The summed E-state index contributed by atoms with van der Waals surface area (Å²) in [5.41, 5.74) is 3.75. The largest absolute Gasteiger partial charge is 0.276 e. The smallest absolute Gasteiger partial charge is 0.267 e. The van der Waals surface area contributed by atoms with Crippen molar-refractivity contribution in [3.8, 4) is 0 Å². The van der Waals surface area contributed by atoms with E-state index >= 15 is 0 Å². The normalized spacial score (nSPS) is 13.8. The molecule has 0 spiro atoms. The Morgan fingerprint density at radius 3 is 2.37 bits per heavy atom. The summed E-state index contributed by atoms with van der Waals surface area (Å²) in [6.07, 6.45) is 0.654. The maximum atomic E-state index is 12.0. The molecule has 19 heavy (non-hydrogen) atoms. The summed E-state index contributed by atoms with van der Waals surface area (Å²) in [5, 5.41) is 1.07. The van der Waals surface area contributed by atoms with E-state index in [9.17, 15) is 9.59 Å². The molecule has 0 bridgehead atoms. The van der Waals surface area contributed by atoms with Gasteiger partial charge < -0.3 is 0 Å². The standard InChI is InChI=1S/C13H14N2O2S2/c1-2-19-11(18)7-8-14-15-12(16)9-5-3-4-6-10(9)13(15)17/h3-6,14H,2,7-8H2,1H3. The van der Waals surface area contributed by atoms with Crippen LogP contribution in [0.15, 0.2) is 24.3 Å². The van der Waals surface area contributed by atoms with E-state index in [1.165, 1.54) is 0 Å². The van der Waals surface area contributed by atoms with Crippen LogP contribution in [-0.2, 0) is 0 Å². The van der Waals surface area contributed by atoms with E-state index in [1.807, 2.05) is 6.92 Å². The lowest BCUT2D eigenvalue weighted by atomic mass is 10.1. The molecule has 1 aromatic carbocycles. The second kappa shape index (κ2) is 6.27. The van der Waals surface area contributed by atoms with Crippen LogP contribution in [0, 0.1) is 0 Å². The summed E-state index contributed by atoms with van der Waals surface area (Å²) in [4.78, 5) is 24.0. The maximum absolute atomic E-state index is 12.0. The first-order chi connectivity index (χ1) is 9.15. The number of hydrogen-bond acceptors (Lipinski definition) is 5. The van der Waals surface area contributed by atoms with Crippen LogP contribution in [0.2, 0.25) is 0 Å². The zero-order chi connectivity index (χ0) is 13.8. The number of thiocarbonyl (C=S) groups is 1. The van der Waals surface area contributed by atoms with Crippen molar-refractivity contribution in [2.75, 3.05) is 12.3 Å². The van der Waals surface area contributed by atoms with E-state index in [0.29, 0.717) is 24.1 Å². The molecule has 0 fully saturated rings. The van der Waals surface area contributed by atoms with Gasteiger partial charge in [0.15, 0.2) is 0 Å². The number of imide groups is 1. The van der Waals surface area contributed by atoms with Gasteiger partial charge in [0.25, 0.3) is 11.8 Å². The fraction of sp³-hybridized carbons (Fsp3) is 0.308. The molecule has 1 aliphatic rings. The summed E-state index contributed by atoms with van der Waals surface area (Å²) in [6.45, 7) is 2.52. The maximum Gasteiger partial charge on any atom is 0.276 e. The molecule has 0 aliphatic carbocycles. The molecule has 2 rings (SSSR count). The second-order valence-electron chi connectivity index (χ2n) is 3.95. The van der Waals surface area contributed by atoms with Crippen molar-refractivity contribution in [2.45, 2.75) is 13.3 Å². The van der Waals surface area contributed by atoms with E-state index in [2.05, 4.69) is 5.43 Å². The van der Waals surface area contributed by atoms with E-state index in [1.54, 1.807) is 36.0 Å². The van der Waals surface area contributed by atoms with E-state index < -0.39 is 0 Å². The quantitative estimate of drug-likeness (QED) is 0.667. The Morgan fingerprint density at radius 2 is 1.84 bits per heavy atom. The lowest BCUT2D eigenvalue weighted by molar-refractivity contribution is 0.0569. The van der Waals surface area contributed by atoms with Gasteiger partial charge in [0.2, 0.25) is 0 Å². The Kier molecular flexibility index (Phi) is 4.68. The molecule has 0 aromatic heterocycles. The monoisotopic (exact) mass is 294 g/mol. The summed E-state index contributed by atoms with van der Waals surface area (Å²) in [6, 6.07) is 6.82. The van der Waals surface area contributed by atoms with Crippen molar-refractivity contribution >= 4 is 40.0 Å². The molecule has 0 radical (unpaired) electrons. The minimum atomic E-state index is -0.297. The van der Waals surface area contributed by atoms with Crippen molar-refractivity contribution in [3.63, 3.8) is 0 Å². The van der Waals surface area contributed by atoms with Gasteiger partial charge in [-0.05, 0) is 17.9 Å². The molecule has 1 heterocycles. The van der Waals surface area contributed by atoms with Gasteiger partial charge in [-0.1, -0.05) is 31.3 Å². The SMILES string of the molecule is CCSC(=S)CCNN1C(=O)c2ccccc2C1=O. The van der Waals surface area contributed by atoms with Crippen LogP contribution in [0.25, 0.3) is 0 Å². The van der Waals surface area contributed by atoms with Crippen molar-refractivity contribution in [3.05, 3.63) is 35.4 Å². The lowest BCUT2D eigenvalue weighted by Crippen LogP contribution is -2.43. The fourth-order valence-corrected chi connectivity index (χ4v) is 2.86. The van der Waals surface area contributed by atoms with E-state index in [0.717, 1.165) is 15.0 Å². The van der Waals surface area contributed by atoms with Crippen LogP contribution in [0.5, 0.6) is 0 Å². The highest BCUT2D eigenvalue weighted by molar-refractivity contribution is 8.23. The Hall–Kier alpha value is -1.24. The number of carbonyl (C=O) groups excluding carboxylic acids is 2. The van der Waals surface area contributed by atoms with Gasteiger partial charge in [-0.25, -0.2) is 10.4 Å². The predicted octanol–water partition coefficient (Wildman–Crippen LogP) is 2.26. The van der Waals surface area contributed by atoms with Crippen molar-refractivity contribution < 1.29 is 9.59 Å². The summed E-state index contributed by atoms with van der Waals surface area (Å²) < 4.78 is 0.881. The first kappa shape index (κ1) is 14.2. The molecule has 0 saturated carbocycles. The molecule has 100 valence electrons. The van der Waals surface area contributed by atoms with Crippen LogP contribution in [0.3, 0.4) is 0 Å². The lowest BCUT2D eigenvalue weighted by Gasteiger charge is -2.15. The van der Waals surface area contributed by atoms with Gasteiger partial charge in [-0.2, -0.15) is 0 Å². The highest BCUT2D eigenvalue weighted by Gasteiger charge is 2.34. The van der Waals surface area contributed by atoms with E-state index in [4.69, 9.17) is 12.2 Å². The Labute approximate surface area is 121 Å². The van der Waals surface area contributed by atoms with Gasteiger partial charge in [0.05, 0.1) is 11.1 Å². The number of carbonyl (C=O) groups is 2. The Balaban J connectivity index is 1.95. The molecule has 1 N–H and O–H groups in total. The Morgan fingerprint density at radius 1 is 1.26 bits per heavy atom. The van der Waals surface area contributed by atoms with Gasteiger partial charge in [-0.3, -0.25) is 9.59 Å². The fourth-order valence-electron chi connectivity index (χ4n) is 1.84. The Bertz CT molecular complexity index is 496. The minimum Gasteiger partial charge on any atom is -0.267 e. The van der Waals surface area contributed by atoms with Gasteiger partial charge in [-0.15, -0.1) is 11.8 Å². The summed E-state index contributed by atoms with van der Waals surface area (Å²) >= 11 is 6.76. The molecule has 0 unspecified atom stereocenters. The topological polar surface area (TPSA) is 49.4 Å². The highest BCUT2D eigenvalue weighted by atomic mass is 32.2. The molecular formula is C13H14N2O2S2. The number of nitrogens with zero attached hydrogens (tertiary/aromatic N) is 1. The molecule has 6 heteroatoms. The molecule has 0 atom stereocenters. The number of fused-ring (bicyclic) bond motifs is 1. The molecule has 0 saturated heterocycles. The zero-order valence-electron chi connectivity index (χ0n) is 10.5. The molecule has 1 aromatic rings. The number of amides is 2. The summed E-state index contributed by atoms with van der Waals surface area (Å²) in [7, 11) is 0. The van der Waals surface area contributed by atoms with Crippen molar-refractivity contribution in [1.29, 1.82) is 0 Å². The van der Waals surface area contributed by atoms with Crippen molar-refractivity contribution in [1.82, 2.24) is 10.4 Å². The number of nitrogens with one attached hydrogen (secondary N) is 1. The first-order valence-electron chi connectivity index (χ1n) is 6.02. The highest BCUT2D eigenvalue weighted by Crippen LogP contribution is 2.20. The zero-order valence-corrected chi connectivity index (χ0v) is 12.1. The molecular weight excluding hydrogens is 280 g/mol. The molecule has 1 aliphatic heterocycles. The van der Waals surface area contributed by atoms with Crippen LogP contribution in [0.1, 0.15) is 34.1 Å². The second-order valence-corrected chi connectivity index (χ2v) is 6.06.